The number of aliphatic imine (C=N–C) groups is 2. The first-order valence-electron chi connectivity index (χ1n) is 7.37. The zero-order chi connectivity index (χ0) is 16.5. The minimum absolute atomic E-state index is 0.329. The molecule has 4 rings (SSSR count). The molecule has 0 fully saturated rings. The molecule has 2 aliphatic heterocycles. The maximum absolute atomic E-state index is 12.5. The van der Waals surface area contributed by atoms with Crippen LogP contribution in [0.2, 0.25) is 4.34 Å². The molecule has 0 N–H and O–H groups in total. The van der Waals surface area contributed by atoms with Gasteiger partial charge in [0.1, 0.15) is 5.84 Å². The Balaban J connectivity index is 1.82. The van der Waals surface area contributed by atoms with Crippen molar-refractivity contribution in [3.05, 3.63) is 81.2 Å². The summed E-state index contributed by atoms with van der Waals surface area (Å²) in [6.07, 6.45) is 7.76. The van der Waals surface area contributed by atoms with Crippen molar-refractivity contribution in [3.63, 3.8) is 0 Å². The molecule has 1 amide bonds. The Bertz CT molecular complexity index is 939. The molecule has 0 radical (unpaired) electrons. The molecule has 6 heteroatoms. The average molecular weight is 354 g/mol. The van der Waals surface area contributed by atoms with E-state index in [9.17, 15) is 4.79 Å². The number of hydrogen-bond acceptors (Lipinski definition) is 3. The van der Waals surface area contributed by atoms with E-state index >= 15 is 0 Å². The van der Waals surface area contributed by atoms with E-state index in [0.717, 1.165) is 17.0 Å². The first kappa shape index (κ1) is 15.1. The van der Waals surface area contributed by atoms with Gasteiger partial charge in [-0.1, -0.05) is 41.9 Å². The smallest absolute Gasteiger partial charge is 0.289 e. The summed E-state index contributed by atoms with van der Waals surface area (Å²) in [6, 6.07) is 11.3. The Morgan fingerprint density at radius 1 is 1.21 bits per heavy atom. The zero-order valence-electron chi connectivity index (χ0n) is 12.5. The number of carbonyl (C=O) groups is 1. The first-order valence-corrected chi connectivity index (χ1v) is 8.57. The predicted molar refractivity (Wildman–Crippen MR) is 97.9 cm³/mol. The highest BCUT2D eigenvalue weighted by Gasteiger charge is 2.21. The first-order chi connectivity index (χ1) is 11.7. The normalized spacial score (nSPS) is 17.3. The number of allylic oxidation sites excluding steroid dienone is 2. The highest BCUT2D eigenvalue weighted by atomic mass is 35.5. The maximum atomic E-state index is 12.5. The molecule has 118 valence electrons. The van der Waals surface area contributed by atoms with Gasteiger partial charge in [0.15, 0.2) is 5.84 Å². The van der Waals surface area contributed by atoms with E-state index in [2.05, 4.69) is 9.98 Å². The Morgan fingerprint density at radius 3 is 2.92 bits per heavy atom. The quantitative estimate of drug-likeness (QED) is 0.767. The molecule has 3 heterocycles. The van der Waals surface area contributed by atoms with Gasteiger partial charge in [0.25, 0.3) is 5.91 Å². The van der Waals surface area contributed by atoms with Crippen molar-refractivity contribution in [1.82, 2.24) is 4.90 Å². The fraction of sp³-hybridized carbons (Fsp3) is 0.0556. The second-order valence-corrected chi connectivity index (χ2v) is 7.02. The predicted octanol–water partition coefficient (Wildman–Crippen LogP) is 4.29. The lowest BCUT2D eigenvalue weighted by Crippen LogP contribution is -2.24. The lowest BCUT2D eigenvalue weighted by molar-refractivity contribution is 0.101. The van der Waals surface area contributed by atoms with Gasteiger partial charge in [0, 0.05) is 18.3 Å². The van der Waals surface area contributed by atoms with Gasteiger partial charge >= 0.3 is 0 Å². The van der Waals surface area contributed by atoms with Gasteiger partial charge in [-0.15, -0.1) is 11.3 Å². The highest BCUT2D eigenvalue weighted by Crippen LogP contribution is 2.24. The summed E-state index contributed by atoms with van der Waals surface area (Å²) in [5.41, 5.74) is 1.95. The number of hydrogen-bond donors (Lipinski definition) is 0. The lowest BCUT2D eigenvalue weighted by Gasteiger charge is -2.20. The van der Waals surface area contributed by atoms with E-state index < -0.39 is 0 Å². The monoisotopic (exact) mass is 353 g/mol. The van der Waals surface area contributed by atoms with Crippen molar-refractivity contribution in [2.24, 2.45) is 9.98 Å². The number of thiophene rings is 1. The van der Waals surface area contributed by atoms with E-state index in [1.807, 2.05) is 53.6 Å². The third-order valence-electron chi connectivity index (χ3n) is 3.73. The van der Waals surface area contributed by atoms with Gasteiger partial charge in [-0.2, -0.15) is 4.99 Å². The van der Waals surface area contributed by atoms with Crippen LogP contribution in [0.25, 0.3) is 0 Å². The van der Waals surface area contributed by atoms with Crippen LogP contribution in [-0.4, -0.2) is 22.5 Å². The summed E-state index contributed by atoms with van der Waals surface area (Å²) in [5.74, 6) is 0.867. The van der Waals surface area contributed by atoms with Crippen molar-refractivity contribution in [3.8, 4) is 0 Å². The van der Waals surface area contributed by atoms with E-state index in [1.54, 1.807) is 12.1 Å². The van der Waals surface area contributed by atoms with Crippen molar-refractivity contribution < 1.29 is 4.79 Å². The minimum Gasteiger partial charge on any atom is -0.329 e. The summed E-state index contributed by atoms with van der Waals surface area (Å²) in [7, 11) is 0. The summed E-state index contributed by atoms with van der Waals surface area (Å²) in [4.78, 5) is 23.9. The van der Waals surface area contributed by atoms with E-state index in [4.69, 9.17) is 11.6 Å². The van der Waals surface area contributed by atoms with Gasteiger partial charge in [-0.05, 0) is 29.8 Å². The molecular weight excluding hydrogens is 342 g/mol. The lowest BCUT2D eigenvalue weighted by atomic mass is 10.1. The van der Waals surface area contributed by atoms with Crippen molar-refractivity contribution >= 4 is 40.5 Å². The molecular formula is C18H12ClN3OS. The fourth-order valence-corrected chi connectivity index (χ4v) is 3.52. The zero-order valence-corrected chi connectivity index (χ0v) is 14.1. The SMILES string of the molecule is O=C(N=C1N=C2C=CC=CN2Cc2ccccc21)c1ccc(Cl)s1. The molecule has 0 saturated heterocycles. The topological polar surface area (TPSA) is 45.0 Å². The summed E-state index contributed by atoms with van der Waals surface area (Å²) in [5, 5.41) is 0. The van der Waals surface area contributed by atoms with Gasteiger partial charge in [-0.3, -0.25) is 4.79 Å². The number of amidine groups is 2. The van der Waals surface area contributed by atoms with Crippen molar-refractivity contribution in [2.45, 2.75) is 6.54 Å². The van der Waals surface area contributed by atoms with Crippen LogP contribution >= 0.6 is 22.9 Å². The second-order valence-electron chi connectivity index (χ2n) is 5.30. The number of amides is 1. The van der Waals surface area contributed by atoms with Gasteiger partial charge in [0.05, 0.1) is 9.21 Å². The van der Waals surface area contributed by atoms with Crippen LogP contribution in [0.4, 0.5) is 0 Å². The summed E-state index contributed by atoms with van der Waals surface area (Å²) >= 11 is 7.13. The number of carbonyl (C=O) groups excluding carboxylic acids is 1. The molecule has 24 heavy (non-hydrogen) atoms. The molecule has 4 nitrogen and oxygen atoms in total. The molecule has 0 atom stereocenters. The molecule has 0 aliphatic carbocycles. The molecule has 2 aromatic rings. The van der Waals surface area contributed by atoms with Gasteiger partial charge in [0.2, 0.25) is 0 Å². The maximum Gasteiger partial charge on any atom is 0.289 e. The number of benzene rings is 1. The number of fused-ring (bicyclic) bond motifs is 2. The Kier molecular flexibility index (Phi) is 3.88. The fourth-order valence-electron chi connectivity index (χ4n) is 2.60. The van der Waals surface area contributed by atoms with Crippen LogP contribution in [0.1, 0.15) is 20.8 Å². The Morgan fingerprint density at radius 2 is 2.08 bits per heavy atom. The second kappa shape index (κ2) is 6.19. The largest absolute Gasteiger partial charge is 0.329 e. The van der Waals surface area contributed by atoms with Crippen molar-refractivity contribution in [1.29, 1.82) is 0 Å². The Labute approximate surface area is 148 Å². The standard InChI is InChI=1S/C18H12ClN3OS/c19-15-9-8-14(24-15)18(23)21-17-13-6-2-1-5-12(13)11-22-10-4-3-7-16(22)20-17/h1-10H,11H2. The average Bonchev–Trinajstić information content (AvgIpc) is 2.96. The van der Waals surface area contributed by atoms with E-state index in [-0.39, 0.29) is 5.91 Å². The third-order valence-corrected chi connectivity index (χ3v) is 4.95. The van der Waals surface area contributed by atoms with Crippen LogP contribution < -0.4 is 0 Å². The van der Waals surface area contributed by atoms with E-state index in [0.29, 0.717) is 21.6 Å². The van der Waals surface area contributed by atoms with Crippen LogP contribution in [0.15, 0.2) is 70.8 Å². The van der Waals surface area contributed by atoms with E-state index in [1.165, 1.54) is 11.3 Å². The van der Waals surface area contributed by atoms with Crippen LogP contribution in [-0.2, 0) is 6.54 Å². The Hall–Kier alpha value is -2.50. The third kappa shape index (κ3) is 2.84. The van der Waals surface area contributed by atoms with Crippen molar-refractivity contribution in [2.75, 3.05) is 0 Å². The number of rotatable bonds is 1. The molecule has 1 aromatic heterocycles. The molecule has 1 aromatic carbocycles. The summed E-state index contributed by atoms with van der Waals surface area (Å²) in [6.45, 7) is 0.688. The molecule has 2 aliphatic rings. The van der Waals surface area contributed by atoms with Crippen LogP contribution in [0, 0.1) is 0 Å². The van der Waals surface area contributed by atoms with Crippen LogP contribution in [0.3, 0.4) is 0 Å². The van der Waals surface area contributed by atoms with Gasteiger partial charge in [-0.25, -0.2) is 4.99 Å². The molecule has 0 bridgehead atoms. The minimum atomic E-state index is -0.329. The van der Waals surface area contributed by atoms with Gasteiger partial charge < -0.3 is 4.90 Å². The highest BCUT2D eigenvalue weighted by molar-refractivity contribution is 7.18. The van der Waals surface area contributed by atoms with Crippen LogP contribution in [0.5, 0.6) is 0 Å². The summed E-state index contributed by atoms with van der Waals surface area (Å²) < 4.78 is 0.567. The molecule has 0 saturated carbocycles. The molecule has 0 spiro atoms. The number of nitrogens with zero attached hydrogens (tertiary/aromatic N) is 3. The number of halogens is 1. The molecule has 0 unspecified atom stereocenters.